The molecule has 2 aromatic carbocycles. The van der Waals surface area contributed by atoms with Crippen LogP contribution in [0.15, 0.2) is 42.5 Å². The predicted molar refractivity (Wildman–Crippen MR) is 87.6 cm³/mol. The Morgan fingerprint density at radius 2 is 1.83 bits per heavy atom. The number of hydrogen-bond donors (Lipinski definition) is 1. The van der Waals surface area contributed by atoms with Gasteiger partial charge in [0.05, 0.1) is 14.2 Å². The van der Waals surface area contributed by atoms with Crippen molar-refractivity contribution in [2.24, 2.45) is 0 Å². The minimum Gasteiger partial charge on any atom is -0.493 e. The van der Waals surface area contributed by atoms with E-state index in [-0.39, 0.29) is 6.10 Å². The van der Waals surface area contributed by atoms with E-state index in [1.165, 1.54) is 0 Å². The van der Waals surface area contributed by atoms with E-state index in [9.17, 15) is 0 Å². The monoisotopic (exact) mass is 315 g/mol. The van der Waals surface area contributed by atoms with Crippen LogP contribution in [0, 0.1) is 0 Å². The van der Waals surface area contributed by atoms with Gasteiger partial charge in [-0.3, -0.25) is 0 Å². The van der Waals surface area contributed by atoms with Crippen LogP contribution in [0.4, 0.5) is 0 Å². The Labute approximate surface area is 136 Å². The summed E-state index contributed by atoms with van der Waals surface area (Å²) in [7, 11) is 3.27. The Bertz CT molecular complexity index is 659. The first-order valence-electron chi connectivity index (χ1n) is 7.60. The molecule has 0 bridgehead atoms. The molecular weight excluding hydrogens is 294 g/mol. The molecule has 1 heterocycles. The molecular formula is C18H21NO4. The van der Waals surface area contributed by atoms with Crippen LogP contribution >= 0.6 is 0 Å². The first-order chi connectivity index (χ1) is 11.3. The highest BCUT2D eigenvalue weighted by Gasteiger charge is 2.19. The molecule has 1 aliphatic heterocycles. The van der Waals surface area contributed by atoms with Gasteiger partial charge in [0.2, 0.25) is 0 Å². The molecule has 0 fully saturated rings. The van der Waals surface area contributed by atoms with Gasteiger partial charge in [-0.2, -0.15) is 0 Å². The standard InChI is InChI=1S/C18H21NO4/c1-20-15-8-7-13(9-18(15)21-2)10-19-11-14-12-22-16-5-3-4-6-17(16)23-14/h3-9,14,19H,10-12H2,1-2H3/t14-/m1/s1. The highest BCUT2D eigenvalue weighted by atomic mass is 16.6. The van der Waals surface area contributed by atoms with Crippen molar-refractivity contribution >= 4 is 0 Å². The van der Waals surface area contributed by atoms with E-state index in [1.54, 1.807) is 14.2 Å². The molecule has 0 saturated carbocycles. The van der Waals surface area contributed by atoms with Crippen molar-refractivity contribution in [1.29, 1.82) is 0 Å². The topological polar surface area (TPSA) is 49.0 Å². The van der Waals surface area contributed by atoms with Crippen molar-refractivity contribution in [1.82, 2.24) is 5.32 Å². The van der Waals surface area contributed by atoms with Crippen LogP contribution in [0.25, 0.3) is 0 Å². The Hall–Kier alpha value is -2.40. The summed E-state index contributed by atoms with van der Waals surface area (Å²) >= 11 is 0. The second-order valence-corrected chi connectivity index (χ2v) is 5.32. The van der Waals surface area contributed by atoms with Gasteiger partial charge >= 0.3 is 0 Å². The fraction of sp³-hybridized carbons (Fsp3) is 0.333. The summed E-state index contributed by atoms with van der Waals surface area (Å²) in [4.78, 5) is 0. The number of nitrogens with one attached hydrogen (secondary N) is 1. The fourth-order valence-corrected chi connectivity index (χ4v) is 2.53. The zero-order chi connectivity index (χ0) is 16.1. The Balaban J connectivity index is 1.52. The van der Waals surface area contributed by atoms with E-state index < -0.39 is 0 Å². The lowest BCUT2D eigenvalue weighted by atomic mass is 10.2. The van der Waals surface area contributed by atoms with Gasteiger partial charge in [-0.25, -0.2) is 0 Å². The summed E-state index contributed by atoms with van der Waals surface area (Å²) in [5.74, 6) is 3.08. The van der Waals surface area contributed by atoms with Crippen LogP contribution in [0.3, 0.4) is 0 Å². The normalized spacial score (nSPS) is 16.0. The number of fused-ring (bicyclic) bond motifs is 1. The van der Waals surface area contributed by atoms with E-state index in [0.717, 1.165) is 35.1 Å². The summed E-state index contributed by atoms with van der Waals surface area (Å²) in [5.41, 5.74) is 1.12. The summed E-state index contributed by atoms with van der Waals surface area (Å²) in [5, 5.41) is 3.39. The Kier molecular flexibility index (Phi) is 4.88. The van der Waals surface area contributed by atoms with Crippen molar-refractivity contribution < 1.29 is 18.9 Å². The maximum absolute atomic E-state index is 5.92. The van der Waals surface area contributed by atoms with Crippen LogP contribution in [0.2, 0.25) is 0 Å². The molecule has 0 amide bonds. The van der Waals surface area contributed by atoms with Crippen LogP contribution in [0.1, 0.15) is 5.56 Å². The third-order valence-electron chi connectivity index (χ3n) is 3.72. The molecule has 5 heteroatoms. The van der Waals surface area contributed by atoms with Crippen molar-refractivity contribution in [3.05, 3.63) is 48.0 Å². The molecule has 23 heavy (non-hydrogen) atoms. The summed E-state index contributed by atoms with van der Waals surface area (Å²) in [6, 6.07) is 13.6. The van der Waals surface area contributed by atoms with Crippen LogP contribution in [-0.2, 0) is 6.54 Å². The van der Waals surface area contributed by atoms with Gasteiger partial charge in [0.1, 0.15) is 12.7 Å². The van der Waals surface area contributed by atoms with Crippen molar-refractivity contribution in [3.8, 4) is 23.0 Å². The van der Waals surface area contributed by atoms with Crippen LogP contribution in [0.5, 0.6) is 23.0 Å². The molecule has 3 rings (SSSR count). The average Bonchev–Trinajstić information content (AvgIpc) is 2.61. The molecule has 5 nitrogen and oxygen atoms in total. The SMILES string of the molecule is COc1ccc(CNC[C@@H]2COc3ccccc3O2)cc1OC. The molecule has 0 unspecified atom stereocenters. The molecule has 122 valence electrons. The number of rotatable bonds is 6. The second kappa shape index (κ2) is 7.24. The van der Waals surface area contributed by atoms with Crippen LogP contribution < -0.4 is 24.3 Å². The van der Waals surface area contributed by atoms with Gasteiger partial charge < -0.3 is 24.3 Å². The van der Waals surface area contributed by atoms with E-state index >= 15 is 0 Å². The number of benzene rings is 2. The first kappa shape index (κ1) is 15.5. The average molecular weight is 315 g/mol. The molecule has 0 radical (unpaired) electrons. The zero-order valence-electron chi connectivity index (χ0n) is 13.4. The number of methoxy groups -OCH3 is 2. The smallest absolute Gasteiger partial charge is 0.161 e. The van der Waals surface area contributed by atoms with Gasteiger partial charge in [-0.15, -0.1) is 0 Å². The highest BCUT2D eigenvalue weighted by molar-refractivity contribution is 5.43. The van der Waals surface area contributed by atoms with E-state index in [0.29, 0.717) is 13.2 Å². The summed E-state index contributed by atoms with van der Waals surface area (Å²) in [6.45, 7) is 1.99. The van der Waals surface area contributed by atoms with Gasteiger partial charge in [0.15, 0.2) is 23.0 Å². The fourth-order valence-electron chi connectivity index (χ4n) is 2.53. The van der Waals surface area contributed by atoms with Crippen LogP contribution in [-0.4, -0.2) is 33.5 Å². The van der Waals surface area contributed by atoms with Gasteiger partial charge in [-0.1, -0.05) is 18.2 Å². The number of ether oxygens (including phenoxy) is 4. The minimum atomic E-state index is 0.00467. The lowest BCUT2D eigenvalue weighted by Crippen LogP contribution is -2.38. The lowest BCUT2D eigenvalue weighted by Gasteiger charge is -2.26. The molecule has 1 aliphatic rings. The molecule has 2 aromatic rings. The summed E-state index contributed by atoms with van der Waals surface area (Å²) < 4.78 is 22.2. The molecule has 1 atom stereocenters. The molecule has 0 saturated heterocycles. The molecule has 1 N–H and O–H groups in total. The third kappa shape index (κ3) is 3.68. The zero-order valence-corrected chi connectivity index (χ0v) is 13.4. The van der Waals surface area contributed by atoms with Crippen molar-refractivity contribution in [3.63, 3.8) is 0 Å². The quantitative estimate of drug-likeness (QED) is 0.888. The first-order valence-corrected chi connectivity index (χ1v) is 7.60. The Morgan fingerprint density at radius 1 is 1.04 bits per heavy atom. The number of para-hydroxylation sites is 2. The molecule has 0 aromatic heterocycles. The van der Waals surface area contributed by atoms with E-state index in [4.69, 9.17) is 18.9 Å². The maximum atomic E-state index is 5.92. The number of hydrogen-bond acceptors (Lipinski definition) is 5. The van der Waals surface area contributed by atoms with Gasteiger partial charge in [-0.05, 0) is 29.8 Å². The van der Waals surface area contributed by atoms with Gasteiger partial charge in [0, 0.05) is 13.1 Å². The Morgan fingerprint density at radius 3 is 2.61 bits per heavy atom. The predicted octanol–water partition coefficient (Wildman–Crippen LogP) is 2.63. The van der Waals surface area contributed by atoms with E-state index in [2.05, 4.69) is 5.32 Å². The van der Waals surface area contributed by atoms with Gasteiger partial charge in [0.25, 0.3) is 0 Å². The van der Waals surface area contributed by atoms with Crippen molar-refractivity contribution in [2.45, 2.75) is 12.6 Å². The largest absolute Gasteiger partial charge is 0.493 e. The maximum Gasteiger partial charge on any atom is 0.161 e. The second-order valence-electron chi connectivity index (χ2n) is 5.32. The summed E-state index contributed by atoms with van der Waals surface area (Å²) in [6.07, 6.45) is 0.00467. The van der Waals surface area contributed by atoms with Crippen molar-refractivity contribution in [2.75, 3.05) is 27.4 Å². The molecule has 0 aliphatic carbocycles. The molecule has 0 spiro atoms. The third-order valence-corrected chi connectivity index (χ3v) is 3.72. The lowest BCUT2D eigenvalue weighted by molar-refractivity contribution is 0.0902. The minimum absolute atomic E-state index is 0.00467. The van der Waals surface area contributed by atoms with E-state index in [1.807, 2.05) is 42.5 Å². The highest BCUT2D eigenvalue weighted by Crippen LogP contribution is 2.31.